The zero-order valence-corrected chi connectivity index (χ0v) is 25.8. The predicted octanol–water partition coefficient (Wildman–Crippen LogP) is 5.93. The summed E-state index contributed by atoms with van der Waals surface area (Å²) in [6, 6.07) is 0. The molecule has 8 atom stereocenters. The van der Waals surface area contributed by atoms with Gasteiger partial charge in [-0.25, -0.2) is 0 Å². The summed E-state index contributed by atoms with van der Waals surface area (Å²) in [7, 11) is 0. The quantitative estimate of drug-likeness (QED) is 0.109. The second-order valence-corrected chi connectivity index (χ2v) is 12.7. The average molecular weight is 698 g/mol. The monoisotopic (exact) mass is 698 g/mol. The molecule has 0 aromatic rings. The Labute approximate surface area is 229 Å². The van der Waals surface area contributed by atoms with Gasteiger partial charge in [0.2, 0.25) is 0 Å². The number of alkyl halides is 2. The normalized spacial score (nSPS) is 27.5. The summed E-state index contributed by atoms with van der Waals surface area (Å²) in [4.78, 5) is 0. The summed E-state index contributed by atoms with van der Waals surface area (Å²) < 4.78 is 32.0. The molecule has 1 aliphatic rings. The van der Waals surface area contributed by atoms with Gasteiger partial charge in [-0.3, -0.25) is 0 Å². The van der Waals surface area contributed by atoms with Crippen molar-refractivity contribution in [1.82, 2.24) is 0 Å². The maximum atomic E-state index is 11.1. The van der Waals surface area contributed by atoms with Crippen LogP contribution in [0.1, 0.15) is 80.1 Å². The number of aliphatic hydroxyl groups is 1. The molecule has 6 nitrogen and oxygen atoms in total. The third-order valence-corrected chi connectivity index (χ3v) is 9.85. The second kappa shape index (κ2) is 18.5. The first-order valence-electron chi connectivity index (χ1n) is 12.9. The molecular weight excluding hydrogens is 650 g/mol. The Balaban J connectivity index is 3.07. The standard InChI is InChI=1S/C25H48I2O6/c1-7-10-13-29-19-16-32-25(33-22(17(4)5)21(28)20(27)18(6)26)24(31-15-12-9-3)23(19)30-14-11-8-2/h17-25,28H,7-16H2,1-6H3/t18-,19-,20?,21?,22+,23?,24?,25+/m1/s1. The van der Waals surface area contributed by atoms with Gasteiger partial charge in [0, 0.05) is 23.7 Å². The maximum Gasteiger partial charge on any atom is 0.186 e. The predicted molar refractivity (Wildman–Crippen MR) is 151 cm³/mol. The molecule has 33 heavy (non-hydrogen) atoms. The number of rotatable bonds is 18. The van der Waals surface area contributed by atoms with E-state index in [2.05, 4.69) is 86.7 Å². The van der Waals surface area contributed by atoms with E-state index in [1.54, 1.807) is 0 Å². The summed E-state index contributed by atoms with van der Waals surface area (Å²) >= 11 is 4.69. The molecule has 1 fully saturated rings. The van der Waals surface area contributed by atoms with Crippen LogP contribution in [0.3, 0.4) is 0 Å². The zero-order chi connectivity index (χ0) is 24.8. The van der Waals surface area contributed by atoms with E-state index in [0.29, 0.717) is 30.4 Å². The lowest BCUT2D eigenvalue weighted by molar-refractivity contribution is -0.313. The van der Waals surface area contributed by atoms with Gasteiger partial charge in [-0.2, -0.15) is 0 Å². The minimum Gasteiger partial charge on any atom is -0.389 e. The largest absolute Gasteiger partial charge is 0.389 e. The first-order valence-corrected chi connectivity index (χ1v) is 15.3. The fraction of sp³-hybridized carbons (Fsp3) is 1.00. The summed E-state index contributed by atoms with van der Waals surface area (Å²) in [6.45, 7) is 15.1. The van der Waals surface area contributed by atoms with Crippen LogP contribution in [0, 0.1) is 5.92 Å². The van der Waals surface area contributed by atoms with Crippen molar-refractivity contribution in [2.24, 2.45) is 5.92 Å². The van der Waals surface area contributed by atoms with E-state index in [9.17, 15) is 5.11 Å². The van der Waals surface area contributed by atoms with E-state index in [0.717, 1.165) is 38.5 Å². The highest BCUT2D eigenvalue weighted by molar-refractivity contribution is 14.1. The summed E-state index contributed by atoms with van der Waals surface area (Å²) in [5, 5.41) is 11.1. The van der Waals surface area contributed by atoms with Crippen molar-refractivity contribution >= 4 is 45.2 Å². The Hall–Kier alpha value is 1.22. The highest BCUT2D eigenvalue weighted by Gasteiger charge is 2.46. The van der Waals surface area contributed by atoms with Gasteiger partial charge in [0.1, 0.15) is 18.3 Å². The van der Waals surface area contributed by atoms with Crippen molar-refractivity contribution in [3.63, 3.8) is 0 Å². The van der Waals surface area contributed by atoms with E-state index in [-0.39, 0.29) is 28.2 Å². The molecule has 0 spiro atoms. The highest BCUT2D eigenvalue weighted by Crippen LogP contribution is 2.31. The van der Waals surface area contributed by atoms with Crippen molar-refractivity contribution < 1.29 is 28.8 Å². The summed E-state index contributed by atoms with van der Waals surface area (Å²) in [5.74, 6) is 0.130. The molecule has 0 aromatic heterocycles. The Kier molecular flexibility index (Phi) is 18.0. The fourth-order valence-electron chi connectivity index (χ4n) is 3.73. The lowest BCUT2D eigenvalue weighted by Gasteiger charge is -2.44. The van der Waals surface area contributed by atoms with Gasteiger partial charge in [0.15, 0.2) is 6.29 Å². The molecule has 1 saturated heterocycles. The number of ether oxygens (including phenoxy) is 5. The molecule has 0 amide bonds. The topological polar surface area (TPSA) is 66.4 Å². The van der Waals surface area contributed by atoms with Crippen molar-refractivity contribution in [3.8, 4) is 0 Å². The molecule has 0 aliphatic carbocycles. The third-order valence-electron chi connectivity index (χ3n) is 5.88. The van der Waals surface area contributed by atoms with E-state index in [1.807, 2.05) is 0 Å². The van der Waals surface area contributed by atoms with Crippen LogP contribution in [-0.2, 0) is 23.7 Å². The van der Waals surface area contributed by atoms with Crippen LogP contribution in [0.15, 0.2) is 0 Å². The number of hydrogen-bond donors (Lipinski definition) is 1. The minimum absolute atomic E-state index is 0.0698. The minimum atomic E-state index is -0.602. The van der Waals surface area contributed by atoms with Crippen molar-refractivity contribution in [3.05, 3.63) is 0 Å². The van der Waals surface area contributed by atoms with Crippen molar-refractivity contribution in [2.75, 3.05) is 26.4 Å². The van der Waals surface area contributed by atoms with Crippen LogP contribution in [0.2, 0.25) is 0 Å². The van der Waals surface area contributed by atoms with Gasteiger partial charge >= 0.3 is 0 Å². The van der Waals surface area contributed by atoms with Crippen LogP contribution >= 0.6 is 45.2 Å². The molecule has 0 bridgehead atoms. The van der Waals surface area contributed by atoms with Gasteiger partial charge in [-0.15, -0.1) is 0 Å². The Bertz CT molecular complexity index is 482. The molecule has 1 heterocycles. The lowest BCUT2D eigenvalue weighted by Crippen LogP contribution is -2.59. The average Bonchev–Trinajstić information content (AvgIpc) is 2.78. The molecule has 4 unspecified atom stereocenters. The zero-order valence-electron chi connectivity index (χ0n) is 21.5. The number of halogens is 2. The molecule has 1 rings (SSSR count). The molecule has 0 aromatic carbocycles. The van der Waals surface area contributed by atoms with Crippen LogP contribution in [0.4, 0.5) is 0 Å². The van der Waals surface area contributed by atoms with Crippen LogP contribution < -0.4 is 0 Å². The van der Waals surface area contributed by atoms with E-state index in [1.165, 1.54) is 0 Å². The van der Waals surface area contributed by atoms with Crippen LogP contribution in [0.25, 0.3) is 0 Å². The maximum absolute atomic E-state index is 11.1. The van der Waals surface area contributed by atoms with Gasteiger partial charge < -0.3 is 28.8 Å². The molecule has 8 heteroatoms. The molecule has 0 saturated carbocycles. The summed E-state index contributed by atoms with van der Waals surface area (Å²) in [5.41, 5.74) is 0. The third kappa shape index (κ3) is 11.4. The molecule has 198 valence electrons. The first-order chi connectivity index (χ1) is 15.8. The number of unbranched alkanes of at least 4 members (excludes halogenated alkanes) is 3. The van der Waals surface area contributed by atoms with Gasteiger partial charge in [-0.05, 0) is 25.2 Å². The lowest BCUT2D eigenvalue weighted by atomic mass is 9.97. The SMILES string of the molecule is CCCCOC1C(OCCCC)[C@H](OCCCC)CO[C@H]1O[C@@H](C(C)C)C(O)C(I)[C@@H](C)I. The van der Waals surface area contributed by atoms with E-state index < -0.39 is 18.5 Å². The fourth-order valence-corrected chi connectivity index (χ4v) is 4.56. The smallest absolute Gasteiger partial charge is 0.186 e. The van der Waals surface area contributed by atoms with E-state index >= 15 is 0 Å². The van der Waals surface area contributed by atoms with Crippen molar-refractivity contribution in [1.29, 1.82) is 0 Å². The Morgan fingerprint density at radius 3 is 1.85 bits per heavy atom. The summed E-state index contributed by atoms with van der Waals surface area (Å²) in [6.07, 6.45) is 3.76. The Morgan fingerprint density at radius 2 is 1.36 bits per heavy atom. The Morgan fingerprint density at radius 1 is 0.848 bits per heavy atom. The highest BCUT2D eigenvalue weighted by atomic mass is 127. The van der Waals surface area contributed by atoms with Gasteiger partial charge in [-0.1, -0.05) is 106 Å². The van der Waals surface area contributed by atoms with Gasteiger partial charge in [0.25, 0.3) is 0 Å². The van der Waals surface area contributed by atoms with E-state index in [4.69, 9.17) is 23.7 Å². The van der Waals surface area contributed by atoms with Crippen LogP contribution in [0.5, 0.6) is 0 Å². The van der Waals surface area contributed by atoms with Gasteiger partial charge in [0.05, 0.1) is 22.7 Å². The van der Waals surface area contributed by atoms with Crippen molar-refractivity contribution in [2.45, 2.75) is 125 Å². The molecule has 1 aliphatic heterocycles. The second-order valence-electron chi connectivity index (χ2n) is 9.30. The molecular formula is C25H48I2O6. The number of hydrogen-bond acceptors (Lipinski definition) is 6. The molecule has 0 radical (unpaired) electrons. The first kappa shape index (κ1) is 32.2. The number of aliphatic hydroxyl groups excluding tert-OH is 1. The molecule has 1 N–H and O–H groups in total. The van der Waals surface area contributed by atoms with Crippen LogP contribution in [-0.4, -0.2) is 76.2 Å².